The minimum absolute atomic E-state index is 0.115. The number of esters is 1. The predicted molar refractivity (Wildman–Crippen MR) is 81.9 cm³/mol. The molecular formula is C16H25NO4. The fraction of sp³-hybridized carbons (Fsp3) is 0.625. The Morgan fingerprint density at radius 1 is 1.33 bits per heavy atom. The summed E-state index contributed by atoms with van der Waals surface area (Å²) < 4.78 is 12.0. The molecule has 0 N–H and O–H groups in total. The topological polar surface area (TPSA) is 57.5 Å². The highest BCUT2D eigenvalue weighted by Crippen LogP contribution is 2.22. The molecular weight excluding hydrogens is 270 g/mol. The number of hydrogen-bond acceptors (Lipinski definition) is 4. The van der Waals surface area contributed by atoms with E-state index in [1.54, 1.807) is 32.4 Å². The summed E-state index contributed by atoms with van der Waals surface area (Å²) in [6, 6.07) is 1.38. The zero-order valence-electron chi connectivity index (χ0n) is 13.7. The summed E-state index contributed by atoms with van der Waals surface area (Å²) in [6.07, 6.45) is 0. The molecule has 0 amide bonds. The van der Waals surface area contributed by atoms with Crippen molar-refractivity contribution >= 4 is 5.97 Å². The first-order chi connectivity index (χ1) is 9.84. The van der Waals surface area contributed by atoms with E-state index in [4.69, 9.17) is 9.47 Å². The Bertz CT molecular complexity index is 560. The van der Waals surface area contributed by atoms with Crippen LogP contribution in [0.25, 0.3) is 0 Å². The summed E-state index contributed by atoms with van der Waals surface area (Å²) in [5, 5.41) is 0. The number of aryl methyl sites for hydroxylation is 1. The molecule has 0 aliphatic carbocycles. The molecule has 1 aromatic heterocycles. The number of nitrogens with zero attached hydrogens (tertiary/aromatic N) is 1. The van der Waals surface area contributed by atoms with E-state index >= 15 is 0 Å². The van der Waals surface area contributed by atoms with Crippen molar-refractivity contribution in [1.82, 2.24) is 4.57 Å². The second kappa shape index (κ2) is 7.41. The smallest absolute Gasteiger partial charge is 0.340 e. The van der Waals surface area contributed by atoms with Crippen molar-refractivity contribution in [2.75, 3.05) is 20.3 Å². The number of methoxy groups -OCH3 is 1. The van der Waals surface area contributed by atoms with Crippen molar-refractivity contribution in [2.24, 2.45) is 5.92 Å². The summed E-state index contributed by atoms with van der Waals surface area (Å²) in [5.41, 5.74) is 1.63. The van der Waals surface area contributed by atoms with Crippen molar-refractivity contribution in [1.29, 1.82) is 0 Å². The average Bonchev–Trinajstić information content (AvgIpc) is 2.37. The molecule has 0 spiro atoms. The number of ether oxygens (including phenoxy) is 2. The van der Waals surface area contributed by atoms with Crippen LogP contribution in [-0.2, 0) is 9.47 Å². The number of carbonyl (C=O) groups excluding carboxylic acids is 1. The van der Waals surface area contributed by atoms with Crippen LogP contribution in [0.1, 0.15) is 48.4 Å². The average molecular weight is 295 g/mol. The minimum Gasteiger partial charge on any atom is -0.462 e. The zero-order valence-corrected chi connectivity index (χ0v) is 13.7. The molecule has 5 heteroatoms. The maximum atomic E-state index is 12.4. The van der Waals surface area contributed by atoms with Crippen molar-refractivity contribution in [3.8, 4) is 0 Å². The van der Waals surface area contributed by atoms with E-state index < -0.39 is 0 Å². The number of hydrogen-bond donors (Lipinski definition) is 0. The van der Waals surface area contributed by atoms with Gasteiger partial charge in [0, 0.05) is 18.9 Å². The van der Waals surface area contributed by atoms with Gasteiger partial charge in [-0.3, -0.25) is 4.79 Å². The van der Waals surface area contributed by atoms with Gasteiger partial charge in [0.05, 0.1) is 24.8 Å². The molecule has 0 radical (unpaired) electrons. The molecule has 118 valence electrons. The van der Waals surface area contributed by atoms with Gasteiger partial charge in [-0.15, -0.1) is 0 Å². The van der Waals surface area contributed by atoms with E-state index in [9.17, 15) is 9.59 Å². The molecule has 1 atom stereocenters. The second-order valence-corrected chi connectivity index (χ2v) is 5.48. The maximum Gasteiger partial charge on any atom is 0.340 e. The Balaban J connectivity index is 3.49. The lowest BCUT2D eigenvalue weighted by molar-refractivity contribution is 0.0521. The number of rotatable bonds is 6. The van der Waals surface area contributed by atoms with Crippen LogP contribution >= 0.6 is 0 Å². The second-order valence-electron chi connectivity index (χ2n) is 5.48. The van der Waals surface area contributed by atoms with Gasteiger partial charge in [0.2, 0.25) is 0 Å². The predicted octanol–water partition coefficient (Wildman–Crippen LogP) is 2.49. The van der Waals surface area contributed by atoms with Gasteiger partial charge < -0.3 is 14.0 Å². The molecule has 0 aliphatic heterocycles. The van der Waals surface area contributed by atoms with Gasteiger partial charge in [-0.05, 0) is 32.3 Å². The van der Waals surface area contributed by atoms with Crippen LogP contribution in [0.5, 0.6) is 0 Å². The third-order valence-electron chi connectivity index (χ3n) is 3.61. The third-order valence-corrected chi connectivity index (χ3v) is 3.61. The normalized spacial score (nSPS) is 12.5. The fourth-order valence-electron chi connectivity index (χ4n) is 2.56. The van der Waals surface area contributed by atoms with Gasteiger partial charge in [-0.2, -0.15) is 0 Å². The van der Waals surface area contributed by atoms with Crippen molar-refractivity contribution in [2.45, 2.75) is 40.7 Å². The fourth-order valence-corrected chi connectivity index (χ4v) is 2.56. The van der Waals surface area contributed by atoms with Crippen LogP contribution in [0.15, 0.2) is 10.9 Å². The molecule has 1 rings (SSSR count). The number of aromatic nitrogens is 1. The Kier molecular flexibility index (Phi) is 6.15. The van der Waals surface area contributed by atoms with Gasteiger partial charge in [-0.25, -0.2) is 4.79 Å². The van der Waals surface area contributed by atoms with E-state index in [2.05, 4.69) is 0 Å². The summed E-state index contributed by atoms with van der Waals surface area (Å²) >= 11 is 0. The van der Waals surface area contributed by atoms with E-state index in [1.807, 2.05) is 13.8 Å². The van der Waals surface area contributed by atoms with Gasteiger partial charge in [0.15, 0.2) is 0 Å². The Morgan fingerprint density at radius 3 is 2.43 bits per heavy atom. The molecule has 1 aromatic rings. The molecule has 0 aliphatic rings. The molecule has 0 saturated carbocycles. The summed E-state index contributed by atoms with van der Waals surface area (Å²) in [5.74, 6) is -0.180. The third kappa shape index (κ3) is 3.73. The zero-order chi connectivity index (χ0) is 16.2. The van der Waals surface area contributed by atoms with Gasteiger partial charge in [-0.1, -0.05) is 13.8 Å². The van der Waals surface area contributed by atoms with Crippen molar-refractivity contribution in [3.63, 3.8) is 0 Å². The lowest BCUT2D eigenvalue weighted by Crippen LogP contribution is -2.34. The Morgan fingerprint density at radius 2 is 1.95 bits per heavy atom. The quantitative estimate of drug-likeness (QED) is 0.757. The van der Waals surface area contributed by atoms with Crippen LogP contribution in [0.3, 0.4) is 0 Å². The van der Waals surface area contributed by atoms with Crippen LogP contribution < -0.4 is 5.56 Å². The lowest BCUT2D eigenvalue weighted by Gasteiger charge is -2.26. The SMILES string of the molecule is CCOC(=O)c1c(C)cc(=O)n(C(COC)C(C)C)c1C. The van der Waals surface area contributed by atoms with Crippen LogP contribution in [-0.4, -0.2) is 30.9 Å². The Hall–Kier alpha value is -1.62. The van der Waals surface area contributed by atoms with E-state index in [-0.39, 0.29) is 23.5 Å². The number of carbonyl (C=O) groups is 1. The summed E-state index contributed by atoms with van der Waals surface area (Å²) in [6.45, 7) is 10.1. The van der Waals surface area contributed by atoms with Crippen LogP contribution in [0.4, 0.5) is 0 Å². The molecule has 0 aromatic carbocycles. The van der Waals surface area contributed by atoms with Gasteiger partial charge in [0.1, 0.15) is 0 Å². The molecule has 5 nitrogen and oxygen atoms in total. The van der Waals surface area contributed by atoms with Gasteiger partial charge >= 0.3 is 5.97 Å². The maximum absolute atomic E-state index is 12.4. The highest BCUT2D eigenvalue weighted by atomic mass is 16.5. The standard InChI is InChI=1S/C16H25NO4/c1-7-21-16(19)15-11(4)8-14(18)17(12(15)5)13(9-20-6)10(2)3/h8,10,13H,7,9H2,1-6H3. The minimum atomic E-state index is -0.388. The first-order valence-electron chi connectivity index (χ1n) is 7.23. The summed E-state index contributed by atoms with van der Waals surface area (Å²) in [4.78, 5) is 24.5. The molecule has 1 unspecified atom stereocenters. The monoisotopic (exact) mass is 295 g/mol. The molecule has 0 saturated heterocycles. The first kappa shape index (κ1) is 17.4. The van der Waals surface area contributed by atoms with Crippen LogP contribution in [0.2, 0.25) is 0 Å². The molecule has 0 bridgehead atoms. The van der Waals surface area contributed by atoms with E-state index in [1.165, 1.54) is 6.07 Å². The van der Waals surface area contributed by atoms with Gasteiger partial charge in [0.25, 0.3) is 5.56 Å². The molecule has 21 heavy (non-hydrogen) atoms. The Labute approximate surface area is 125 Å². The number of pyridine rings is 1. The van der Waals surface area contributed by atoms with E-state index in [0.29, 0.717) is 30.0 Å². The molecule has 0 fully saturated rings. The lowest BCUT2D eigenvalue weighted by atomic mass is 10.0. The molecule has 1 heterocycles. The van der Waals surface area contributed by atoms with Crippen LogP contribution in [0, 0.1) is 19.8 Å². The van der Waals surface area contributed by atoms with Crippen molar-refractivity contribution < 1.29 is 14.3 Å². The van der Waals surface area contributed by atoms with Crippen molar-refractivity contribution in [3.05, 3.63) is 33.2 Å². The highest BCUT2D eigenvalue weighted by Gasteiger charge is 2.24. The van der Waals surface area contributed by atoms with E-state index in [0.717, 1.165) is 0 Å². The highest BCUT2D eigenvalue weighted by molar-refractivity contribution is 5.92. The summed E-state index contributed by atoms with van der Waals surface area (Å²) in [7, 11) is 1.61. The largest absolute Gasteiger partial charge is 0.462 e. The first-order valence-corrected chi connectivity index (χ1v) is 7.23.